The van der Waals surface area contributed by atoms with E-state index in [0.29, 0.717) is 28.4 Å². The van der Waals surface area contributed by atoms with Crippen molar-refractivity contribution in [1.29, 1.82) is 0 Å². The third kappa shape index (κ3) is 4.15. The molecule has 2 aromatic heterocycles. The van der Waals surface area contributed by atoms with Crippen LogP contribution in [0.1, 0.15) is 16.1 Å². The maximum atomic E-state index is 11.9. The van der Waals surface area contributed by atoms with Gasteiger partial charge in [-0.25, -0.2) is 5.43 Å². The molecule has 0 radical (unpaired) electrons. The van der Waals surface area contributed by atoms with Crippen LogP contribution >= 0.6 is 0 Å². The number of methoxy groups -OCH3 is 1. The molecule has 2 heterocycles. The van der Waals surface area contributed by atoms with Gasteiger partial charge >= 0.3 is 0 Å². The first-order valence-electron chi connectivity index (χ1n) is 7.74. The number of hydrogen-bond acceptors (Lipinski definition) is 7. The predicted molar refractivity (Wildman–Crippen MR) is 96.6 cm³/mol. The molecule has 136 valence electrons. The van der Waals surface area contributed by atoms with Gasteiger partial charge in [0, 0.05) is 30.1 Å². The smallest absolute Gasteiger partial charge is 0.271 e. The molecule has 0 aliphatic carbocycles. The van der Waals surface area contributed by atoms with Crippen molar-refractivity contribution in [3.05, 3.63) is 76.3 Å². The fourth-order valence-corrected chi connectivity index (χ4v) is 2.29. The number of carbonyl (C=O) groups excluding carboxylic acids is 1. The molecular formula is C18H14N4O5. The number of aromatic nitrogens is 1. The summed E-state index contributed by atoms with van der Waals surface area (Å²) in [5.41, 5.74) is 3.15. The minimum absolute atomic E-state index is 0.0815. The van der Waals surface area contributed by atoms with Crippen LogP contribution < -0.4 is 10.2 Å². The molecule has 0 saturated heterocycles. The molecule has 9 nitrogen and oxygen atoms in total. The van der Waals surface area contributed by atoms with Gasteiger partial charge in [-0.3, -0.25) is 19.9 Å². The van der Waals surface area contributed by atoms with E-state index in [1.165, 1.54) is 43.9 Å². The Hall–Kier alpha value is -4.01. The number of nitro benzene ring substituents is 1. The van der Waals surface area contributed by atoms with Crippen LogP contribution in [0.15, 0.2) is 64.4 Å². The minimum atomic E-state index is -0.497. The first kappa shape index (κ1) is 17.8. The molecule has 0 bridgehead atoms. The summed E-state index contributed by atoms with van der Waals surface area (Å²) in [6.07, 6.45) is 4.33. The molecule has 3 rings (SSSR count). The number of nitrogens with zero attached hydrogens (tertiary/aromatic N) is 3. The van der Waals surface area contributed by atoms with Crippen LogP contribution in [0, 0.1) is 10.1 Å². The van der Waals surface area contributed by atoms with Crippen molar-refractivity contribution < 1.29 is 18.9 Å². The van der Waals surface area contributed by atoms with E-state index in [1.54, 1.807) is 24.3 Å². The van der Waals surface area contributed by atoms with Gasteiger partial charge in [-0.05, 0) is 30.3 Å². The number of non-ortho nitro benzene ring substituents is 1. The highest BCUT2D eigenvalue weighted by Gasteiger charge is 2.15. The quantitative estimate of drug-likeness (QED) is 0.407. The maximum Gasteiger partial charge on any atom is 0.271 e. The number of furan rings is 1. The number of pyridine rings is 1. The Morgan fingerprint density at radius 2 is 2.04 bits per heavy atom. The second kappa shape index (κ2) is 7.91. The Morgan fingerprint density at radius 1 is 1.26 bits per heavy atom. The molecule has 1 aromatic carbocycles. The predicted octanol–water partition coefficient (Wildman–Crippen LogP) is 3.02. The van der Waals surface area contributed by atoms with Crippen LogP contribution in [0.5, 0.6) is 5.75 Å². The molecule has 1 N–H and O–H groups in total. The Morgan fingerprint density at radius 3 is 2.74 bits per heavy atom. The number of carbonyl (C=O) groups is 1. The van der Waals surface area contributed by atoms with Gasteiger partial charge in [-0.1, -0.05) is 0 Å². The molecule has 0 saturated carbocycles. The molecule has 3 aromatic rings. The zero-order valence-corrected chi connectivity index (χ0v) is 14.2. The normalized spacial score (nSPS) is 10.7. The summed E-state index contributed by atoms with van der Waals surface area (Å²) >= 11 is 0. The molecule has 0 unspecified atom stereocenters. The van der Waals surface area contributed by atoms with Crippen molar-refractivity contribution in [3.8, 4) is 17.1 Å². The largest absolute Gasteiger partial charge is 0.496 e. The number of nitrogens with one attached hydrogen (secondary N) is 1. The number of amides is 1. The highest BCUT2D eigenvalue weighted by atomic mass is 16.6. The lowest BCUT2D eigenvalue weighted by Crippen LogP contribution is -2.17. The monoisotopic (exact) mass is 366 g/mol. The average Bonchev–Trinajstić information content (AvgIpc) is 3.16. The summed E-state index contributed by atoms with van der Waals surface area (Å²) in [5.74, 6) is 0.774. The summed E-state index contributed by atoms with van der Waals surface area (Å²) in [6, 6.07) is 10.6. The van der Waals surface area contributed by atoms with E-state index in [-0.39, 0.29) is 11.6 Å². The van der Waals surface area contributed by atoms with Gasteiger partial charge < -0.3 is 9.15 Å². The fraction of sp³-hybridized carbons (Fsp3) is 0.0556. The lowest BCUT2D eigenvalue weighted by molar-refractivity contribution is -0.384. The summed E-state index contributed by atoms with van der Waals surface area (Å²) < 4.78 is 10.8. The zero-order chi connectivity index (χ0) is 19.2. The standard InChI is InChI=1S/C18H14N4O5/c1-26-16-4-2-13(22(24)25)10-15(16)17-5-3-14(27-17)11-20-21-18(23)12-6-8-19-9-7-12/h2-11H,1H3,(H,21,23)/b20-11+. The van der Waals surface area contributed by atoms with Gasteiger partial charge in [0.05, 0.1) is 23.8 Å². The topological polar surface area (TPSA) is 120 Å². The van der Waals surface area contributed by atoms with Gasteiger partial charge in [0.15, 0.2) is 0 Å². The van der Waals surface area contributed by atoms with Gasteiger partial charge in [-0.15, -0.1) is 0 Å². The fourth-order valence-electron chi connectivity index (χ4n) is 2.29. The minimum Gasteiger partial charge on any atom is -0.496 e. The van der Waals surface area contributed by atoms with Crippen LogP contribution in [0.2, 0.25) is 0 Å². The second-order valence-electron chi connectivity index (χ2n) is 5.28. The average molecular weight is 366 g/mol. The van der Waals surface area contributed by atoms with Gasteiger partial charge in [0.2, 0.25) is 0 Å². The van der Waals surface area contributed by atoms with Gasteiger partial charge in [0.1, 0.15) is 17.3 Å². The van der Waals surface area contributed by atoms with E-state index in [1.807, 2.05) is 0 Å². The van der Waals surface area contributed by atoms with Gasteiger partial charge in [0.25, 0.3) is 11.6 Å². The van der Waals surface area contributed by atoms with Crippen molar-refractivity contribution in [1.82, 2.24) is 10.4 Å². The number of benzene rings is 1. The van der Waals surface area contributed by atoms with Crippen LogP contribution in [0.3, 0.4) is 0 Å². The van der Waals surface area contributed by atoms with Crippen molar-refractivity contribution in [3.63, 3.8) is 0 Å². The number of hydrogen-bond donors (Lipinski definition) is 1. The highest BCUT2D eigenvalue weighted by Crippen LogP contribution is 2.34. The number of ether oxygens (including phenoxy) is 1. The Kier molecular flexibility index (Phi) is 5.22. The Bertz CT molecular complexity index is 998. The first-order valence-corrected chi connectivity index (χ1v) is 7.74. The molecule has 0 atom stereocenters. The lowest BCUT2D eigenvalue weighted by Gasteiger charge is -2.05. The van der Waals surface area contributed by atoms with Crippen molar-refractivity contribution in [2.45, 2.75) is 0 Å². The number of rotatable bonds is 6. The van der Waals surface area contributed by atoms with Crippen LogP contribution in [0.25, 0.3) is 11.3 Å². The van der Waals surface area contributed by atoms with E-state index >= 15 is 0 Å². The van der Waals surface area contributed by atoms with Crippen LogP contribution in [-0.2, 0) is 0 Å². The third-order valence-corrected chi connectivity index (χ3v) is 3.59. The van der Waals surface area contributed by atoms with Crippen molar-refractivity contribution >= 4 is 17.8 Å². The van der Waals surface area contributed by atoms with E-state index in [4.69, 9.17) is 9.15 Å². The van der Waals surface area contributed by atoms with Crippen molar-refractivity contribution in [2.24, 2.45) is 5.10 Å². The molecule has 27 heavy (non-hydrogen) atoms. The van der Waals surface area contributed by atoms with Crippen LogP contribution in [-0.4, -0.2) is 29.1 Å². The number of nitro groups is 1. The van der Waals surface area contributed by atoms with E-state index < -0.39 is 4.92 Å². The van der Waals surface area contributed by atoms with E-state index in [0.717, 1.165) is 0 Å². The molecule has 0 aliphatic rings. The molecule has 0 fully saturated rings. The van der Waals surface area contributed by atoms with E-state index in [2.05, 4.69) is 15.5 Å². The molecule has 9 heteroatoms. The Labute approximate surface area is 153 Å². The summed E-state index contributed by atoms with van der Waals surface area (Å²) in [7, 11) is 1.46. The van der Waals surface area contributed by atoms with Crippen molar-refractivity contribution in [2.75, 3.05) is 7.11 Å². The zero-order valence-electron chi connectivity index (χ0n) is 14.2. The SMILES string of the molecule is COc1ccc([N+](=O)[O-])cc1-c1ccc(/C=N/NC(=O)c2ccncc2)o1. The lowest BCUT2D eigenvalue weighted by atomic mass is 10.1. The van der Waals surface area contributed by atoms with Gasteiger partial charge in [-0.2, -0.15) is 5.10 Å². The molecule has 1 amide bonds. The third-order valence-electron chi connectivity index (χ3n) is 3.59. The molecular weight excluding hydrogens is 352 g/mol. The summed E-state index contributed by atoms with van der Waals surface area (Å²) in [6.45, 7) is 0. The van der Waals surface area contributed by atoms with E-state index in [9.17, 15) is 14.9 Å². The summed E-state index contributed by atoms with van der Waals surface area (Å²) in [5, 5.41) is 14.8. The maximum absolute atomic E-state index is 11.9. The second-order valence-corrected chi connectivity index (χ2v) is 5.28. The molecule has 0 spiro atoms. The summed E-state index contributed by atoms with van der Waals surface area (Å²) in [4.78, 5) is 26.2. The highest BCUT2D eigenvalue weighted by molar-refractivity contribution is 5.94. The van der Waals surface area contributed by atoms with Crippen LogP contribution in [0.4, 0.5) is 5.69 Å². The Balaban J connectivity index is 1.76. The first-order chi connectivity index (χ1) is 13.1. The molecule has 0 aliphatic heterocycles. The number of hydrazone groups is 1.